The van der Waals surface area contributed by atoms with Crippen LogP contribution >= 0.6 is 11.8 Å². The molecule has 0 atom stereocenters. The van der Waals surface area contributed by atoms with Crippen LogP contribution in [0.3, 0.4) is 0 Å². The van der Waals surface area contributed by atoms with E-state index in [1.54, 1.807) is 28.8 Å². The van der Waals surface area contributed by atoms with Gasteiger partial charge < -0.3 is 14.6 Å². The Hall–Kier alpha value is -1.53. The molecule has 0 radical (unpaired) electrons. The van der Waals surface area contributed by atoms with Gasteiger partial charge >= 0.3 is 0 Å². The van der Waals surface area contributed by atoms with Gasteiger partial charge in [-0.3, -0.25) is 0 Å². The van der Waals surface area contributed by atoms with Crippen LogP contribution < -0.4 is 4.90 Å². The van der Waals surface area contributed by atoms with Gasteiger partial charge in [-0.15, -0.1) is 10.2 Å². The summed E-state index contributed by atoms with van der Waals surface area (Å²) in [6, 6.07) is 7.09. The molecule has 3 rings (SSSR count). The second kappa shape index (κ2) is 7.15. The lowest BCUT2D eigenvalue weighted by atomic mass is 10.1. The molecule has 118 valence electrons. The van der Waals surface area contributed by atoms with Crippen molar-refractivity contribution < 1.29 is 10.0 Å². The highest BCUT2D eigenvalue weighted by Crippen LogP contribution is 2.23. The van der Waals surface area contributed by atoms with Crippen LogP contribution in [0.5, 0.6) is 5.75 Å². The number of piperidine rings is 1. The van der Waals surface area contributed by atoms with Crippen molar-refractivity contribution in [2.45, 2.75) is 24.4 Å². The second-order valence-corrected chi connectivity index (χ2v) is 6.88. The van der Waals surface area contributed by atoms with E-state index in [0.717, 1.165) is 22.3 Å². The number of thioether (sulfide) groups is 1. The van der Waals surface area contributed by atoms with Gasteiger partial charge in [0.15, 0.2) is 11.0 Å². The first-order valence-corrected chi connectivity index (χ1v) is 8.88. The molecule has 0 bridgehead atoms. The largest absolute Gasteiger partial charge is 0.508 e. The summed E-state index contributed by atoms with van der Waals surface area (Å²) >= 11 is 1.78. The molecule has 2 heterocycles. The predicted octanol–water partition coefficient (Wildman–Crippen LogP) is 1.35. The number of aromatic hydroxyl groups is 1. The number of nitrogens with one attached hydrogen (secondary N) is 1. The highest BCUT2D eigenvalue weighted by atomic mass is 32.2. The van der Waals surface area contributed by atoms with Crippen LogP contribution in [0.2, 0.25) is 0 Å². The van der Waals surface area contributed by atoms with Gasteiger partial charge in [0.1, 0.15) is 5.75 Å². The zero-order chi connectivity index (χ0) is 15.4. The Morgan fingerprint density at radius 3 is 2.59 bits per heavy atom. The Morgan fingerprint density at radius 1 is 1.14 bits per heavy atom. The Kier molecular flexibility index (Phi) is 5.00. The van der Waals surface area contributed by atoms with E-state index < -0.39 is 0 Å². The van der Waals surface area contributed by atoms with Gasteiger partial charge in [-0.1, -0.05) is 11.8 Å². The SMILES string of the molecule is Cn1c(SCC[NH+]2CCCCC2)nnc1-c1ccc(O)cc1. The summed E-state index contributed by atoms with van der Waals surface area (Å²) in [5, 5.41) is 18.9. The zero-order valence-corrected chi connectivity index (χ0v) is 13.8. The number of likely N-dealkylation sites (tertiary alicyclic amines) is 1. The summed E-state index contributed by atoms with van der Waals surface area (Å²) in [7, 11) is 2.00. The lowest BCUT2D eigenvalue weighted by Gasteiger charge is -2.23. The monoisotopic (exact) mass is 319 g/mol. The van der Waals surface area contributed by atoms with Crippen molar-refractivity contribution in [2.75, 3.05) is 25.4 Å². The van der Waals surface area contributed by atoms with Crippen LogP contribution in [0.25, 0.3) is 11.4 Å². The molecule has 0 saturated carbocycles. The normalized spacial score (nSPS) is 16.0. The highest BCUT2D eigenvalue weighted by molar-refractivity contribution is 7.99. The lowest BCUT2D eigenvalue weighted by Crippen LogP contribution is -3.13. The van der Waals surface area contributed by atoms with E-state index in [2.05, 4.69) is 10.2 Å². The van der Waals surface area contributed by atoms with Crippen molar-refractivity contribution in [3.8, 4) is 17.1 Å². The quantitative estimate of drug-likeness (QED) is 0.817. The molecule has 2 N–H and O–H groups in total. The summed E-state index contributed by atoms with van der Waals surface area (Å²) in [5.74, 6) is 2.19. The number of hydrogen-bond acceptors (Lipinski definition) is 4. The summed E-state index contributed by atoms with van der Waals surface area (Å²) < 4.78 is 2.03. The van der Waals surface area contributed by atoms with Gasteiger partial charge in [0.25, 0.3) is 0 Å². The maximum atomic E-state index is 9.37. The topological polar surface area (TPSA) is 55.4 Å². The summed E-state index contributed by atoms with van der Waals surface area (Å²) in [6.45, 7) is 3.84. The molecular formula is C16H23N4OS+. The van der Waals surface area contributed by atoms with E-state index in [1.165, 1.54) is 38.9 Å². The molecule has 1 saturated heterocycles. The van der Waals surface area contributed by atoms with E-state index in [1.807, 2.05) is 23.7 Å². The predicted molar refractivity (Wildman–Crippen MR) is 88.2 cm³/mol. The minimum atomic E-state index is 0.269. The minimum absolute atomic E-state index is 0.269. The van der Waals surface area contributed by atoms with E-state index in [0.29, 0.717) is 0 Å². The van der Waals surface area contributed by atoms with Crippen molar-refractivity contribution in [3.05, 3.63) is 24.3 Å². The van der Waals surface area contributed by atoms with Crippen molar-refractivity contribution in [2.24, 2.45) is 7.05 Å². The molecule has 0 unspecified atom stereocenters. The minimum Gasteiger partial charge on any atom is -0.508 e. The molecule has 5 nitrogen and oxygen atoms in total. The molecule has 6 heteroatoms. The summed E-state index contributed by atoms with van der Waals surface area (Å²) in [5.41, 5.74) is 0.973. The number of rotatable bonds is 5. The fourth-order valence-electron chi connectivity index (χ4n) is 2.89. The van der Waals surface area contributed by atoms with Gasteiger partial charge in [0.2, 0.25) is 0 Å². The first-order chi connectivity index (χ1) is 10.7. The number of nitrogens with zero attached hydrogens (tertiary/aromatic N) is 3. The van der Waals surface area contributed by atoms with Crippen molar-refractivity contribution in [1.29, 1.82) is 0 Å². The van der Waals surface area contributed by atoms with Crippen molar-refractivity contribution in [1.82, 2.24) is 14.8 Å². The Morgan fingerprint density at radius 2 is 1.86 bits per heavy atom. The molecule has 0 spiro atoms. The first kappa shape index (κ1) is 15.4. The maximum absolute atomic E-state index is 9.37. The average molecular weight is 319 g/mol. The third-order valence-electron chi connectivity index (χ3n) is 4.21. The molecule has 22 heavy (non-hydrogen) atoms. The van der Waals surface area contributed by atoms with Gasteiger partial charge in [-0.25, -0.2) is 0 Å². The van der Waals surface area contributed by atoms with Crippen molar-refractivity contribution in [3.63, 3.8) is 0 Å². The van der Waals surface area contributed by atoms with Gasteiger partial charge in [0, 0.05) is 12.6 Å². The van der Waals surface area contributed by atoms with Crippen LogP contribution in [-0.4, -0.2) is 45.3 Å². The first-order valence-electron chi connectivity index (χ1n) is 7.89. The smallest absolute Gasteiger partial charge is 0.191 e. The molecule has 1 aromatic carbocycles. The van der Waals surface area contributed by atoms with Crippen LogP contribution in [0.4, 0.5) is 0 Å². The number of phenols is 1. The van der Waals surface area contributed by atoms with Crippen LogP contribution in [0, 0.1) is 0 Å². The standard InChI is InChI=1S/C16H22N4OS/c1-19-15(13-5-7-14(21)8-6-13)17-18-16(19)22-12-11-20-9-3-2-4-10-20/h5-8,21H,2-4,9-12H2,1H3/p+1. The average Bonchev–Trinajstić information content (AvgIpc) is 2.90. The van der Waals surface area contributed by atoms with Crippen molar-refractivity contribution >= 4 is 11.8 Å². The highest BCUT2D eigenvalue weighted by Gasteiger charge is 2.15. The Balaban J connectivity index is 1.59. The second-order valence-electron chi connectivity index (χ2n) is 5.82. The molecule has 1 fully saturated rings. The number of phenolic OH excluding ortho intramolecular Hbond substituents is 1. The van der Waals surface area contributed by atoms with E-state index in [4.69, 9.17) is 0 Å². The maximum Gasteiger partial charge on any atom is 0.191 e. The molecule has 1 aliphatic heterocycles. The number of quaternary nitrogens is 1. The molecule has 2 aromatic rings. The molecule has 1 aliphatic rings. The third kappa shape index (κ3) is 3.62. The Labute approximate surface area is 135 Å². The summed E-state index contributed by atoms with van der Waals surface area (Å²) in [6.07, 6.45) is 4.14. The number of aromatic nitrogens is 3. The fourth-order valence-corrected chi connectivity index (χ4v) is 3.84. The van der Waals surface area contributed by atoms with E-state index >= 15 is 0 Å². The Bertz CT molecular complexity index is 605. The fraction of sp³-hybridized carbons (Fsp3) is 0.500. The van der Waals surface area contributed by atoms with Crippen LogP contribution in [0.15, 0.2) is 29.4 Å². The summed E-state index contributed by atoms with van der Waals surface area (Å²) in [4.78, 5) is 1.72. The molecule has 0 aliphatic carbocycles. The zero-order valence-electron chi connectivity index (χ0n) is 13.0. The molecule has 1 aromatic heterocycles. The number of hydrogen-bond donors (Lipinski definition) is 2. The molecular weight excluding hydrogens is 296 g/mol. The number of benzene rings is 1. The van der Waals surface area contributed by atoms with Crippen LogP contribution in [-0.2, 0) is 7.05 Å². The van der Waals surface area contributed by atoms with Gasteiger partial charge in [-0.05, 0) is 43.5 Å². The molecule has 0 amide bonds. The van der Waals surface area contributed by atoms with E-state index in [-0.39, 0.29) is 5.75 Å². The van der Waals surface area contributed by atoms with E-state index in [9.17, 15) is 5.11 Å². The van der Waals surface area contributed by atoms with Crippen LogP contribution in [0.1, 0.15) is 19.3 Å². The van der Waals surface area contributed by atoms with Gasteiger partial charge in [-0.2, -0.15) is 0 Å². The third-order valence-corrected chi connectivity index (χ3v) is 5.23. The lowest BCUT2D eigenvalue weighted by molar-refractivity contribution is -0.902. The van der Waals surface area contributed by atoms with Gasteiger partial charge in [0.05, 0.1) is 25.4 Å².